The minimum absolute atomic E-state index is 0.00583. The van der Waals surface area contributed by atoms with Gasteiger partial charge in [0.2, 0.25) is 0 Å². The average Bonchev–Trinajstić information content (AvgIpc) is 2.26. The summed E-state index contributed by atoms with van der Waals surface area (Å²) in [6.07, 6.45) is 0. The molecule has 0 saturated carbocycles. The highest BCUT2D eigenvalue weighted by Gasteiger charge is 2.06. The molecule has 80 valence electrons. The fraction of sp³-hybridized carbons (Fsp3) is 0.200. The molecule has 1 aromatic carbocycles. The molecule has 0 amide bonds. The molecular weight excluding hydrogens is 200 g/mol. The van der Waals surface area contributed by atoms with E-state index in [0.29, 0.717) is 0 Å². The number of hydrogen-bond donors (Lipinski definition) is 1. The number of carbonyl (C=O) groups excluding carboxylic acids is 2. The Morgan fingerprint density at radius 1 is 1.20 bits per heavy atom. The number of rotatable bonds is 4. The van der Waals surface area contributed by atoms with Crippen LogP contribution in [0.15, 0.2) is 24.3 Å². The van der Waals surface area contributed by atoms with Crippen molar-refractivity contribution in [3.63, 3.8) is 0 Å². The van der Waals surface area contributed by atoms with E-state index in [1.165, 1.54) is 24.3 Å². The Hall–Kier alpha value is -1.88. The lowest BCUT2D eigenvalue weighted by molar-refractivity contribution is -0.255. The number of aromatic carboxylic acids is 1. The molecule has 5 heteroatoms. The maximum Gasteiger partial charge on any atom is 0.338 e. The molecule has 0 spiro atoms. The van der Waals surface area contributed by atoms with Crippen LogP contribution in [0.2, 0.25) is 0 Å². The number of ether oxygens (including phenoxy) is 1. The van der Waals surface area contributed by atoms with E-state index >= 15 is 0 Å². The van der Waals surface area contributed by atoms with Gasteiger partial charge in [-0.1, -0.05) is 12.1 Å². The van der Waals surface area contributed by atoms with Crippen LogP contribution in [0.4, 0.5) is 0 Å². The third kappa shape index (κ3) is 3.07. The first-order chi connectivity index (χ1) is 7.15. The van der Waals surface area contributed by atoms with E-state index in [1.54, 1.807) is 0 Å². The summed E-state index contributed by atoms with van der Waals surface area (Å²) in [5, 5.41) is 18.8. The standard InChI is InChI=1S/C10H10O5/c11-5-6-15-10(14)8-3-1-7(2-4-8)9(12)13/h1-4,11H,5-6H2,(H,12,13)/p-1. The van der Waals surface area contributed by atoms with Crippen LogP contribution in [0.1, 0.15) is 20.7 Å². The van der Waals surface area contributed by atoms with Gasteiger partial charge < -0.3 is 19.7 Å². The van der Waals surface area contributed by atoms with Gasteiger partial charge >= 0.3 is 5.97 Å². The topological polar surface area (TPSA) is 86.7 Å². The highest BCUT2D eigenvalue weighted by molar-refractivity contribution is 5.91. The molecule has 0 unspecified atom stereocenters. The third-order valence-electron chi connectivity index (χ3n) is 1.68. The number of carboxylic acids is 1. The first kappa shape index (κ1) is 11.2. The minimum Gasteiger partial charge on any atom is -0.545 e. The van der Waals surface area contributed by atoms with Crippen LogP contribution in [0, 0.1) is 0 Å². The maximum absolute atomic E-state index is 11.2. The lowest BCUT2D eigenvalue weighted by atomic mass is 10.1. The molecule has 0 aliphatic heterocycles. The predicted octanol–water partition coefficient (Wildman–Crippen LogP) is -0.801. The lowest BCUT2D eigenvalue weighted by Gasteiger charge is -2.04. The zero-order valence-corrected chi connectivity index (χ0v) is 7.80. The molecule has 1 aromatic rings. The summed E-state index contributed by atoms with van der Waals surface area (Å²) in [5.74, 6) is -1.90. The first-order valence-corrected chi connectivity index (χ1v) is 4.24. The van der Waals surface area contributed by atoms with Crippen LogP contribution < -0.4 is 5.11 Å². The van der Waals surface area contributed by atoms with Gasteiger partial charge in [0, 0.05) is 0 Å². The zero-order valence-electron chi connectivity index (χ0n) is 7.80. The molecule has 0 heterocycles. The van der Waals surface area contributed by atoms with Crippen LogP contribution in [0.3, 0.4) is 0 Å². The van der Waals surface area contributed by atoms with Crippen molar-refractivity contribution in [3.8, 4) is 0 Å². The molecule has 0 atom stereocenters. The van der Waals surface area contributed by atoms with Gasteiger partial charge in [-0.3, -0.25) is 0 Å². The molecule has 0 radical (unpaired) electrons. The summed E-state index contributed by atoms with van der Waals surface area (Å²) in [7, 11) is 0. The van der Waals surface area contributed by atoms with E-state index in [9.17, 15) is 14.7 Å². The van der Waals surface area contributed by atoms with Crippen molar-refractivity contribution in [2.24, 2.45) is 0 Å². The SMILES string of the molecule is O=C([O-])c1ccc(C(=O)OCCO)cc1. The largest absolute Gasteiger partial charge is 0.545 e. The monoisotopic (exact) mass is 209 g/mol. The highest BCUT2D eigenvalue weighted by Crippen LogP contribution is 2.05. The van der Waals surface area contributed by atoms with Gasteiger partial charge in [-0.2, -0.15) is 0 Å². The smallest absolute Gasteiger partial charge is 0.338 e. The second kappa shape index (κ2) is 5.11. The highest BCUT2D eigenvalue weighted by atomic mass is 16.5. The Morgan fingerprint density at radius 2 is 1.73 bits per heavy atom. The van der Waals surface area contributed by atoms with Gasteiger partial charge in [-0.25, -0.2) is 4.79 Å². The maximum atomic E-state index is 11.2. The van der Waals surface area contributed by atoms with Crippen molar-refractivity contribution >= 4 is 11.9 Å². The van der Waals surface area contributed by atoms with E-state index in [0.717, 1.165) is 0 Å². The quantitative estimate of drug-likeness (QED) is 0.656. The lowest BCUT2D eigenvalue weighted by Crippen LogP contribution is -2.22. The van der Waals surface area contributed by atoms with Crippen molar-refractivity contribution in [2.45, 2.75) is 0 Å². The summed E-state index contributed by atoms with van der Waals surface area (Å²) >= 11 is 0. The number of benzene rings is 1. The molecule has 1 N–H and O–H groups in total. The second-order valence-electron chi connectivity index (χ2n) is 2.72. The molecule has 0 fully saturated rings. The first-order valence-electron chi connectivity index (χ1n) is 4.24. The summed E-state index contributed by atoms with van der Waals surface area (Å²) in [5.41, 5.74) is 0.224. The molecule has 0 aliphatic rings. The summed E-state index contributed by atoms with van der Waals surface area (Å²) < 4.78 is 4.63. The van der Waals surface area contributed by atoms with E-state index in [-0.39, 0.29) is 24.3 Å². The zero-order chi connectivity index (χ0) is 11.3. The number of esters is 1. The van der Waals surface area contributed by atoms with Crippen LogP contribution >= 0.6 is 0 Å². The summed E-state index contributed by atoms with van der Waals surface area (Å²) in [4.78, 5) is 21.6. The molecule has 5 nitrogen and oxygen atoms in total. The van der Waals surface area contributed by atoms with Gasteiger partial charge in [-0.05, 0) is 17.7 Å². The molecule has 0 saturated heterocycles. The van der Waals surface area contributed by atoms with E-state index < -0.39 is 11.9 Å². The Bertz CT molecular complexity index is 355. The third-order valence-corrected chi connectivity index (χ3v) is 1.68. The molecule has 1 rings (SSSR count). The van der Waals surface area contributed by atoms with Crippen molar-refractivity contribution in [2.75, 3.05) is 13.2 Å². The minimum atomic E-state index is -1.30. The Kier molecular flexibility index (Phi) is 3.82. The van der Waals surface area contributed by atoms with Gasteiger partial charge in [0.25, 0.3) is 0 Å². The number of hydrogen-bond acceptors (Lipinski definition) is 5. The Morgan fingerprint density at radius 3 is 2.20 bits per heavy atom. The second-order valence-corrected chi connectivity index (χ2v) is 2.72. The number of carbonyl (C=O) groups is 2. The Balaban J connectivity index is 2.71. The van der Waals surface area contributed by atoms with Crippen molar-refractivity contribution in [3.05, 3.63) is 35.4 Å². The molecule has 0 aliphatic carbocycles. The number of carboxylic acid groups (broad SMARTS) is 1. The van der Waals surface area contributed by atoms with Gasteiger partial charge in [0.15, 0.2) is 0 Å². The molecule has 0 aromatic heterocycles. The predicted molar refractivity (Wildman–Crippen MR) is 48.1 cm³/mol. The van der Waals surface area contributed by atoms with Gasteiger partial charge in [0.05, 0.1) is 18.1 Å². The number of aliphatic hydroxyl groups excluding tert-OH is 1. The molecule has 0 bridgehead atoms. The number of aliphatic hydroxyl groups is 1. The van der Waals surface area contributed by atoms with E-state index in [2.05, 4.69) is 4.74 Å². The van der Waals surface area contributed by atoms with Gasteiger partial charge in [-0.15, -0.1) is 0 Å². The molecular formula is C10H9O5-. The van der Waals surface area contributed by atoms with Crippen molar-refractivity contribution in [1.82, 2.24) is 0 Å². The normalized spacial score (nSPS) is 9.67. The summed E-state index contributed by atoms with van der Waals surface area (Å²) in [6.45, 7) is -0.329. The summed E-state index contributed by atoms with van der Waals surface area (Å²) in [6, 6.07) is 5.16. The van der Waals surface area contributed by atoms with Crippen molar-refractivity contribution in [1.29, 1.82) is 0 Å². The van der Waals surface area contributed by atoms with Crippen LogP contribution in [0.5, 0.6) is 0 Å². The Labute approximate surface area is 85.9 Å². The average molecular weight is 209 g/mol. The molecule has 15 heavy (non-hydrogen) atoms. The van der Waals surface area contributed by atoms with Crippen LogP contribution in [-0.2, 0) is 4.74 Å². The van der Waals surface area contributed by atoms with Crippen molar-refractivity contribution < 1.29 is 24.5 Å². The fourth-order valence-electron chi connectivity index (χ4n) is 0.964. The van der Waals surface area contributed by atoms with Gasteiger partial charge in [0.1, 0.15) is 6.61 Å². The van der Waals surface area contributed by atoms with E-state index in [4.69, 9.17) is 5.11 Å². The van der Waals surface area contributed by atoms with Crippen LogP contribution in [0.25, 0.3) is 0 Å². The fourth-order valence-corrected chi connectivity index (χ4v) is 0.964. The van der Waals surface area contributed by atoms with Crippen LogP contribution in [-0.4, -0.2) is 30.3 Å². The van der Waals surface area contributed by atoms with E-state index in [1.807, 2.05) is 0 Å².